The number of guanidine groups is 1. The van der Waals surface area contributed by atoms with Crippen LogP contribution in [0.3, 0.4) is 0 Å². The van der Waals surface area contributed by atoms with Crippen LogP contribution in [0.25, 0.3) is 0 Å². The summed E-state index contributed by atoms with van der Waals surface area (Å²) in [7, 11) is 3.95. The maximum atomic E-state index is 5.33. The number of benzene rings is 1. The van der Waals surface area contributed by atoms with E-state index >= 15 is 0 Å². The second-order valence-electron chi connectivity index (χ2n) is 5.68. The third kappa shape index (κ3) is 8.57. The Hall–Kier alpha value is -1.59. The van der Waals surface area contributed by atoms with Crippen molar-refractivity contribution in [2.45, 2.75) is 32.9 Å². The van der Waals surface area contributed by atoms with Gasteiger partial charge in [-0.05, 0) is 32.9 Å². The summed E-state index contributed by atoms with van der Waals surface area (Å²) in [6.45, 7) is 8.47. The predicted octanol–water partition coefficient (Wildman–Crippen LogP) is 2.10. The number of ether oxygens (including phenoxy) is 1. The number of hydrogen-bond acceptors (Lipinski definition) is 3. The SMILES string of the molecule is CCOCCCNC(=NC)NCC(C)N(C)Cc1ccccc1. The Morgan fingerprint density at radius 2 is 2.00 bits per heavy atom. The van der Waals surface area contributed by atoms with Crippen LogP contribution in [0.15, 0.2) is 35.3 Å². The van der Waals surface area contributed by atoms with Gasteiger partial charge in [-0.3, -0.25) is 9.89 Å². The Morgan fingerprint density at radius 1 is 1.26 bits per heavy atom. The number of nitrogens with zero attached hydrogens (tertiary/aromatic N) is 2. The third-order valence-electron chi connectivity index (χ3n) is 3.78. The molecule has 0 aliphatic rings. The van der Waals surface area contributed by atoms with Crippen LogP contribution in [0.5, 0.6) is 0 Å². The first-order valence-corrected chi connectivity index (χ1v) is 8.43. The van der Waals surface area contributed by atoms with E-state index in [2.05, 4.69) is 64.8 Å². The molecule has 0 spiro atoms. The van der Waals surface area contributed by atoms with Crippen molar-refractivity contribution in [3.63, 3.8) is 0 Å². The monoisotopic (exact) mass is 320 g/mol. The van der Waals surface area contributed by atoms with Crippen LogP contribution in [0.2, 0.25) is 0 Å². The standard InChI is InChI=1S/C18H32N4O/c1-5-23-13-9-12-20-18(19-3)21-14-16(2)22(4)15-17-10-7-6-8-11-17/h6-8,10-11,16H,5,9,12-15H2,1-4H3,(H2,19,20,21). The Morgan fingerprint density at radius 3 is 2.65 bits per heavy atom. The zero-order valence-electron chi connectivity index (χ0n) is 15.0. The number of hydrogen-bond donors (Lipinski definition) is 2. The number of rotatable bonds is 10. The molecule has 0 bridgehead atoms. The Balaban J connectivity index is 2.25. The van der Waals surface area contributed by atoms with Crippen molar-refractivity contribution >= 4 is 5.96 Å². The molecule has 1 rings (SSSR count). The molecule has 0 amide bonds. The van der Waals surface area contributed by atoms with E-state index in [9.17, 15) is 0 Å². The first-order chi connectivity index (χ1) is 11.2. The van der Waals surface area contributed by atoms with Gasteiger partial charge in [-0.25, -0.2) is 0 Å². The Labute approximate surface area is 141 Å². The second-order valence-corrected chi connectivity index (χ2v) is 5.68. The highest BCUT2D eigenvalue weighted by atomic mass is 16.5. The van der Waals surface area contributed by atoms with E-state index in [-0.39, 0.29) is 0 Å². The van der Waals surface area contributed by atoms with E-state index in [0.29, 0.717) is 6.04 Å². The first-order valence-electron chi connectivity index (χ1n) is 8.43. The summed E-state index contributed by atoms with van der Waals surface area (Å²) in [6, 6.07) is 11.0. The molecule has 0 heterocycles. The molecular weight excluding hydrogens is 288 g/mol. The first kappa shape index (κ1) is 19.5. The van der Waals surface area contributed by atoms with E-state index in [0.717, 1.165) is 45.2 Å². The molecule has 5 nitrogen and oxygen atoms in total. The average molecular weight is 320 g/mol. The van der Waals surface area contributed by atoms with Gasteiger partial charge in [-0.15, -0.1) is 0 Å². The molecular formula is C18H32N4O. The van der Waals surface area contributed by atoms with E-state index in [1.54, 1.807) is 7.05 Å². The van der Waals surface area contributed by atoms with Crippen molar-refractivity contribution in [2.75, 3.05) is 40.4 Å². The number of likely N-dealkylation sites (N-methyl/N-ethyl adjacent to an activating group) is 1. The molecule has 0 aromatic heterocycles. The summed E-state index contributed by atoms with van der Waals surface area (Å²) in [5.41, 5.74) is 1.33. The summed E-state index contributed by atoms with van der Waals surface area (Å²) >= 11 is 0. The fourth-order valence-electron chi connectivity index (χ4n) is 2.17. The highest BCUT2D eigenvalue weighted by molar-refractivity contribution is 5.79. The van der Waals surface area contributed by atoms with Gasteiger partial charge in [0.25, 0.3) is 0 Å². The van der Waals surface area contributed by atoms with Gasteiger partial charge in [0.2, 0.25) is 0 Å². The topological polar surface area (TPSA) is 48.9 Å². The molecule has 1 aromatic carbocycles. The molecule has 0 aliphatic heterocycles. The predicted molar refractivity (Wildman–Crippen MR) is 97.8 cm³/mol. The maximum absolute atomic E-state index is 5.33. The summed E-state index contributed by atoms with van der Waals surface area (Å²) in [5.74, 6) is 0.849. The molecule has 1 unspecified atom stereocenters. The van der Waals surface area contributed by atoms with Crippen molar-refractivity contribution in [1.29, 1.82) is 0 Å². The number of aliphatic imine (C=N–C) groups is 1. The molecule has 23 heavy (non-hydrogen) atoms. The molecule has 5 heteroatoms. The van der Waals surface area contributed by atoms with Gasteiger partial charge in [-0.1, -0.05) is 30.3 Å². The molecule has 0 aliphatic carbocycles. The van der Waals surface area contributed by atoms with Gasteiger partial charge < -0.3 is 15.4 Å². The minimum atomic E-state index is 0.414. The van der Waals surface area contributed by atoms with Crippen LogP contribution in [-0.4, -0.2) is 57.3 Å². The minimum Gasteiger partial charge on any atom is -0.382 e. The van der Waals surface area contributed by atoms with Gasteiger partial charge in [0, 0.05) is 45.9 Å². The van der Waals surface area contributed by atoms with Gasteiger partial charge in [0.15, 0.2) is 5.96 Å². The summed E-state index contributed by atoms with van der Waals surface area (Å²) in [6.07, 6.45) is 0.984. The van der Waals surface area contributed by atoms with E-state index in [1.165, 1.54) is 5.56 Å². The fraction of sp³-hybridized carbons (Fsp3) is 0.611. The molecule has 130 valence electrons. The van der Waals surface area contributed by atoms with Crippen LogP contribution < -0.4 is 10.6 Å². The third-order valence-corrected chi connectivity index (χ3v) is 3.78. The van der Waals surface area contributed by atoms with Crippen LogP contribution in [0.4, 0.5) is 0 Å². The Bertz CT molecular complexity index is 436. The van der Waals surface area contributed by atoms with Crippen molar-refractivity contribution in [3.8, 4) is 0 Å². The van der Waals surface area contributed by atoms with Crippen LogP contribution >= 0.6 is 0 Å². The smallest absolute Gasteiger partial charge is 0.191 e. The van der Waals surface area contributed by atoms with Gasteiger partial charge >= 0.3 is 0 Å². The van der Waals surface area contributed by atoms with E-state index < -0.39 is 0 Å². The lowest BCUT2D eigenvalue weighted by Gasteiger charge is -2.25. The molecule has 1 atom stereocenters. The van der Waals surface area contributed by atoms with Crippen molar-refractivity contribution < 1.29 is 4.74 Å². The second kappa shape index (κ2) is 11.9. The molecule has 0 saturated carbocycles. The minimum absolute atomic E-state index is 0.414. The highest BCUT2D eigenvalue weighted by Gasteiger charge is 2.10. The molecule has 2 N–H and O–H groups in total. The zero-order valence-corrected chi connectivity index (χ0v) is 15.0. The summed E-state index contributed by atoms with van der Waals surface area (Å²) < 4.78 is 5.33. The van der Waals surface area contributed by atoms with E-state index in [1.807, 2.05) is 6.92 Å². The largest absolute Gasteiger partial charge is 0.382 e. The van der Waals surface area contributed by atoms with Crippen LogP contribution in [0, 0.1) is 0 Å². The van der Waals surface area contributed by atoms with Gasteiger partial charge in [0.1, 0.15) is 0 Å². The van der Waals surface area contributed by atoms with Crippen molar-refractivity contribution in [3.05, 3.63) is 35.9 Å². The molecule has 0 saturated heterocycles. The highest BCUT2D eigenvalue weighted by Crippen LogP contribution is 2.05. The Kier molecular flexibility index (Phi) is 10.1. The van der Waals surface area contributed by atoms with Gasteiger partial charge in [-0.2, -0.15) is 0 Å². The normalized spacial score (nSPS) is 13.2. The zero-order chi connectivity index (χ0) is 16.9. The van der Waals surface area contributed by atoms with Gasteiger partial charge in [0.05, 0.1) is 0 Å². The fourth-order valence-corrected chi connectivity index (χ4v) is 2.17. The van der Waals surface area contributed by atoms with Crippen molar-refractivity contribution in [2.24, 2.45) is 4.99 Å². The molecule has 0 radical (unpaired) electrons. The van der Waals surface area contributed by atoms with Crippen molar-refractivity contribution in [1.82, 2.24) is 15.5 Å². The average Bonchev–Trinajstić information content (AvgIpc) is 2.58. The molecule has 0 fully saturated rings. The summed E-state index contributed by atoms with van der Waals surface area (Å²) in [5, 5.41) is 6.70. The quantitative estimate of drug-likeness (QED) is 0.394. The molecule has 1 aromatic rings. The van der Waals surface area contributed by atoms with Crippen LogP contribution in [0.1, 0.15) is 25.8 Å². The van der Waals surface area contributed by atoms with E-state index in [4.69, 9.17) is 4.74 Å². The lowest BCUT2D eigenvalue weighted by Crippen LogP contribution is -2.45. The summed E-state index contributed by atoms with van der Waals surface area (Å²) in [4.78, 5) is 6.59. The number of nitrogens with one attached hydrogen (secondary N) is 2. The van der Waals surface area contributed by atoms with Crippen LogP contribution in [-0.2, 0) is 11.3 Å². The maximum Gasteiger partial charge on any atom is 0.191 e. The lowest BCUT2D eigenvalue weighted by molar-refractivity contribution is 0.145. The lowest BCUT2D eigenvalue weighted by atomic mass is 10.2.